The number of aromatic nitrogens is 4. The maximum atomic E-state index is 13.1. The average molecular weight is 476 g/mol. The van der Waals surface area contributed by atoms with Gasteiger partial charge in [0.25, 0.3) is 0 Å². The molecule has 1 aliphatic heterocycles. The van der Waals surface area contributed by atoms with Crippen LogP contribution in [-0.4, -0.2) is 96.1 Å². The van der Waals surface area contributed by atoms with E-state index in [9.17, 15) is 24.3 Å². The van der Waals surface area contributed by atoms with Crippen LogP contribution in [-0.2, 0) is 32.0 Å². The zero-order chi connectivity index (χ0) is 24.7. The molecule has 0 aliphatic carbocycles. The number of aliphatic carboxylic acids is 1. The Morgan fingerprint density at radius 3 is 2.29 bits per heavy atom. The van der Waals surface area contributed by atoms with Crippen LogP contribution in [0.2, 0.25) is 0 Å². The van der Waals surface area contributed by atoms with Gasteiger partial charge in [0, 0.05) is 43.2 Å². The highest BCUT2D eigenvalue weighted by atomic mass is 16.4. The number of nitrogens with one attached hydrogen (secondary N) is 4. The highest BCUT2D eigenvalue weighted by molar-refractivity contribution is 5.94. The van der Waals surface area contributed by atoms with E-state index >= 15 is 0 Å². The molecule has 0 aromatic carbocycles. The predicted molar refractivity (Wildman–Crippen MR) is 116 cm³/mol. The van der Waals surface area contributed by atoms with Crippen LogP contribution in [0.4, 0.5) is 0 Å². The van der Waals surface area contributed by atoms with Gasteiger partial charge in [-0.2, -0.15) is 0 Å². The van der Waals surface area contributed by atoms with E-state index in [2.05, 4.69) is 30.6 Å². The third-order valence-corrected chi connectivity index (χ3v) is 5.56. The number of aliphatic hydroxyl groups is 1. The van der Waals surface area contributed by atoms with Crippen molar-refractivity contribution in [2.75, 3.05) is 13.2 Å². The summed E-state index contributed by atoms with van der Waals surface area (Å²) in [5, 5.41) is 23.1. The average Bonchev–Trinajstić information content (AvgIpc) is 3.58. The number of carboxylic acids is 1. The molecule has 4 atom stereocenters. The number of imidazole rings is 2. The number of carbonyl (C=O) groups is 4. The van der Waals surface area contributed by atoms with Crippen LogP contribution in [0.3, 0.4) is 0 Å². The molecule has 14 heteroatoms. The number of nitrogens with zero attached hydrogens (tertiary/aromatic N) is 3. The van der Waals surface area contributed by atoms with Crippen molar-refractivity contribution in [3.8, 4) is 0 Å². The van der Waals surface area contributed by atoms with Crippen molar-refractivity contribution < 1.29 is 29.4 Å². The number of aromatic amines is 2. The van der Waals surface area contributed by atoms with Gasteiger partial charge >= 0.3 is 5.97 Å². The molecule has 1 aliphatic rings. The second-order valence-electron chi connectivity index (χ2n) is 8.00. The van der Waals surface area contributed by atoms with E-state index in [1.54, 1.807) is 6.20 Å². The summed E-state index contributed by atoms with van der Waals surface area (Å²) in [5.41, 5.74) is 7.28. The zero-order valence-electron chi connectivity index (χ0n) is 18.3. The van der Waals surface area contributed by atoms with Gasteiger partial charge in [-0.15, -0.1) is 0 Å². The SMILES string of the molecule is NC(Cc1cnc[nH]1)C(=O)N1CCCC1C(=O)NC(Cc1cnc[nH]1)C(=O)NC(CO)C(=O)O. The Morgan fingerprint density at radius 1 is 1.09 bits per heavy atom. The standard InChI is InChI=1S/C20H28N8O6/c21-13(4-11-6-22-9-24-11)19(32)28-3-1-2-16(28)18(31)26-14(5-12-7-23-10-25-12)17(30)27-15(8-29)20(33)34/h6-7,9-10,13-16,29H,1-5,8,21H2,(H,22,24)(H,23,25)(H,26,31)(H,27,30)(H,33,34). The lowest BCUT2D eigenvalue weighted by Gasteiger charge is -2.28. The Labute approximate surface area is 194 Å². The summed E-state index contributed by atoms with van der Waals surface area (Å²) in [4.78, 5) is 64.8. The van der Waals surface area contributed by atoms with Gasteiger partial charge in [0.1, 0.15) is 18.1 Å². The number of nitrogens with two attached hydrogens (primary N) is 1. The quantitative estimate of drug-likeness (QED) is 0.179. The monoisotopic (exact) mass is 476 g/mol. The van der Waals surface area contributed by atoms with Crippen molar-refractivity contribution in [3.05, 3.63) is 36.4 Å². The number of carboxylic acid groups (broad SMARTS) is 1. The molecule has 2 aromatic rings. The number of hydrogen-bond donors (Lipinski definition) is 7. The maximum absolute atomic E-state index is 13.1. The molecule has 0 bridgehead atoms. The molecule has 3 amide bonds. The van der Waals surface area contributed by atoms with Crippen molar-refractivity contribution in [2.45, 2.75) is 49.9 Å². The fraction of sp³-hybridized carbons (Fsp3) is 0.500. The zero-order valence-corrected chi connectivity index (χ0v) is 18.3. The number of H-pyrrole nitrogens is 2. The molecule has 0 spiro atoms. The topological polar surface area (TPSA) is 219 Å². The number of likely N-dealkylation sites (tertiary alicyclic amines) is 1. The Morgan fingerprint density at radius 2 is 1.74 bits per heavy atom. The largest absolute Gasteiger partial charge is 0.480 e. The molecule has 0 saturated carbocycles. The van der Waals surface area contributed by atoms with E-state index in [1.165, 1.54) is 23.8 Å². The first-order valence-electron chi connectivity index (χ1n) is 10.7. The Hall–Kier alpha value is -3.78. The maximum Gasteiger partial charge on any atom is 0.328 e. The van der Waals surface area contributed by atoms with Gasteiger partial charge in [-0.3, -0.25) is 14.4 Å². The molecule has 0 radical (unpaired) electrons. The first kappa shape index (κ1) is 24.9. The number of aliphatic hydroxyl groups excluding tert-OH is 1. The van der Waals surface area contributed by atoms with Crippen molar-refractivity contribution in [1.29, 1.82) is 0 Å². The van der Waals surface area contributed by atoms with E-state index in [1.807, 2.05) is 0 Å². The fourth-order valence-electron chi connectivity index (χ4n) is 3.79. The highest BCUT2D eigenvalue weighted by Crippen LogP contribution is 2.19. The molecular formula is C20H28N8O6. The Kier molecular flexibility index (Phi) is 8.32. The van der Waals surface area contributed by atoms with Crippen LogP contribution in [0.15, 0.2) is 25.0 Å². The van der Waals surface area contributed by atoms with Gasteiger partial charge in [0.2, 0.25) is 17.7 Å². The molecule has 3 heterocycles. The van der Waals surface area contributed by atoms with Gasteiger partial charge < -0.3 is 41.4 Å². The van der Waals surface area contributed by atoms with E-state index in [4.69, 9.17) is 10.8 Å². The van der Waals surface area contributed by atoms with Gasteiger partial charge in [-0.05, 0) is 12.8 Å². The second kappa shape index (κ2) is 11.4. The summed E-state index contributed by atoms with van der Waals surface area (Å²) in [6.07, 6.45) is 7.11. The first-order valence-corrected chi connectivity index (χ1v) is 10.7. The fourth-order valence-corrected chi connectivity index (χ4v) is 3.79. The molecule has 8 N–H and O–H groups in total. The third-order valence-electron chi connectivity index (χ3n) is 5.56. The molecule has 184 valence electrons. The molecular weight excluding hydrogens is 448 g/mol. The van der Waals surface area contributed by atoms with Crippen LogP contribution in [0.5, 0.6) is 0 Å². The predicted octanol–water partition coefficient (Wildman–Crippen LogP) is -2.72. The summed E-state index contributed by atoms with van der Waals surface area (Å²) in [6, 6.07) is -4.40. The molecule has 14 nitrogen and oxygen atoms in total. The van der Waals surface area contributed by atoms with Gasteiger partial charge in [-0.25, -0.2) is 14.8 Å². The van der Waals surface area contributed by atoms with Crippen molar-refractivity contribution in [1.82, 2.24) is 35.5 Å². The van der Waals surface area contributed by atoms with Crippen molar-refractivity contribution in [3.63, 3.8) is 0 Å². The minimum absolute atomic E-state index is 0.00462. The van der Waals surface area contributed by atoms with E-state index < -0.39 is 54.5 Å². The normalized spacial score (nSPS) is 18.2. The van der Waals surface area contributed by atoms with Crippen molar-refractivity contribution in [2.24, 2.45) is 5.73 Å². The van der Waals surface area contributed by atoms with E-state index in [-0.39, 0.29) is 12.8 Å². The van der Waals surface area contributed by atoms with Crippen LogP contribution in [0.1, 0.15) is 24.2 Å². The summed E-state index contributed by atoms with van der Waals surface area (Å²) in [7, 11) is 0. The van der Waals surface area contributed by atoms with Crippen molar-refractivity contribution >= 4 is 23.7 Å². The van der Waals surface area contributed by atoms with Crippen LogP contribution >= 0.6 is 0 Å². The Balaban J connectivity index is 1.69. The minimum Gasteiger partial charge on any atom is -0.480 e. The van der Waals surface area contributed by atoms with Crippen LogP contribution in [0, 0.1) is 0 Å². The second-order valence-corrected chi connectivity index (χ2v) is 8.00. The molecule has 2 aromatic heterocycles. The number of hydrogen-bond acceptors (Lipinski definition) is 8. The lowest BCUT2D eigenvalue weighted by molar-refractivity contribution is -0.144. The molecule has 34 heavy (non-hydrogen) atoms. The third kappa shape index (κ3) is 6.17. The molecule has 1 saturated heterocycles. The minimum atomic E-state index is -1.53. The van der Waals surface area contributed by atoms with Crippen LogP contribution < -0.4 is 16.4 Å². The molecule has 4 unspecified atom stereocenters. The van der Waals surface area contributed by atoms with E-state index in [0.717, 1.165) is 0 Å². The Bertz CT molecular complexity index is 979. The molecule has 3 rings (SSSR count). The summed E-state index contributed by atoms with van der Waals surface area (Å²) in [5.74, 6) is -3.17. The highest BCUT2D eigenvalue weighted by Gasteiger charge is 2.38. The van der Waals surface area contributed by atoms with Gasteiger partial charge in [0.15, 0.2) is 0 Å². The van der Waals surface area contributed by atoms with Crippen LogP contribution in [0.25, 0.3) is 0 Å². The molecule has 1 fully saturated rings. The lowest BCUT2D eigenvalue weighted by Crippen LogP contribution is -2.57. The van der Waals surface area contributed by atoms with E-state index in [0.29, 0.717) is 30.8 Å². The smallest absolute Gasteiger partial charge is 0.328 e. The summed E-state index contributed by atoms with van der Waals surface area (Å²) < 4.78 is 0. The number of carbonyl (C=O) groups excluding carboxylic acids is 3. The summed E-state index contributed by atoms with van der Waals surface area (Å²) in [6.45, 7) is -0.471. The summed E-state index contributed by atoms with van der Waals surface area (Å²) >= 11 is 0. The number of amides is 3. The lowest BCUT2D eigenvalue weighted by atomic mass is 10.1. The van der Waals surface area contributed by atoms with Gasteiger partial charge in [0.05, 0.1) is 25.3 Å². The first-order chi connectivity index (χ1) is 16.3. The number of rotatable bonds is 11. The van der Waals surface area contributed by atoms with Gasteiger partial charge in [-0.1, -0.05) is 0 Å².